The van der Waals surface area contributed by atoms with Crippen LogP contribution in [0.3, 0.4) is 0 Å². The summed E-state index contributed by atoms with van der Waals surface area (Å²) < 4.78 is 54.5. The smallest absolute Gasteiger partial charge is 0.406 e. The molecule has 0 spiro atoms. The molecule has 0 aliphatic heterocycles. The van der Waals surface area contributed by atoms with Crippen LogP contribution in [0.25, 0.3) is 11.3 Å². The number of hydrogen-bond donors (Lipinski definition) is 1. The van der Waals surface area contributed by atoms with Gasteiger partial charge >= 0.3 is 6.36 Å². The van der Waals surface area contributed by atoms with Crippen molar-refractivity contribution >= 4 is 11.8 Å². The van der Waals surface area contributed by atoms with Crippen LogP contribution in [0, 0.1) is 17.1 Å². The van der Waals surface area contributed by atoms with E-state index >= 15 is 0 Å². The van der Waals surface area contributed by atoms with Crippen molar-refractivity contribution in [2.24, 2.45) is 0 Å². The molecule has 0 atom stereocenters. The van der Waals surface area contributed by atoms with Gasteiger partial charge in [0, 0.05) is 5.56 Å². The molecule has 10 heteroatoms. The number of nitriles is 1. The summed E-state index contributed by atoms with van der Waals surface area (Å²) in [6, 6.07) is 3.81. The Bertz CT molecular complexity index is 843. The molecule has 2 rings (SSSR count). The molecule has 5 nitrogen and oxygen atoms in total. The lowest BCUT2D eigenvalue weighted by Crippen LogP contribution is -2.17. The summed E-state index contributed by atoms with van der Waals surface area (Å²) in [6.07, 6.45) is -3.38. The van der Waals surface area contributed by atoms with Crippen molar-refractivity contribution < 1.29 is 22.3 Å². The van der Waals surface area contributed by atoms with Crippen LogP contribution in [0.4, 0.5) is 17.6 Å². The summed E-state index contributed by atoms with van der Waals surface area (Å²) >= 11 is 1.02. The first-order chi connectivity index (χ1) is 10.7. The molecule has 0 saturated heterocycles. The van der Waals surface area contributed by atoms with Crippen molar-refractivity contribution in [1.82, 2.24) is 9.97 Å². The Morgan fingerprint density at radius 3 is 2.65 bits per heavy atom. The molecule has 120 valence electrons. The van der Waals surface area contributed by atoms with Gasteiger partial charge in [-0.25, -0.2) is 9.37 Å². The molecule has 1 aromatic carbocycles. The number of aromatic nitrogens is 2. The second kappa shape index (κ2) is 6.29. The fourth-order valence-corrected chi connectivity index (χ4v) is 2.11. The molecule has 2 aromatic rings. The number of halogens is 4. The Morgan fingerprint density at radius 2 is 2.09 bits per heavy atom. The third-order valence-corrected chi connectivity index (χ3v) is 3.21. The van der Waals surface area contributed by atoms with Gasteiger partial charge in [-0.2, -0.15) is 5.26 Å². The van der Waals surface area contributed by atoms with Crippen LogP contribution in [0.5, 0.6) is 5.75 Å². The zero-order valence-electron chi connectivity index (χ0n) is 11.4. The molecule has 1 N–H and O–H groups in total. The molecule has 0 unspecified atom stereocenters. The van der Waals surface area contributed by atoms with Gasteiger partial charge in [0.25, 0.3) is 5.56 Å². The molecular formula is C13H7F4N3O2S. The monoisotopic (exact) mass is 345 g/mol. The van der Waals surface area contributed by atoms with Crippen molar-refractivity contribution in [2.75, 3.05) is 6.26 Å². The molecule has 0 radical (unpaired) electrons. The summed E-state index contributed by atoms with van der Waals surface area (Å²) in [4.78, 5) is 18.0. The Labute approximate surface area is 130 Å². The van der Waals surface area contributed by atoms with E-state index in [1.165, 1.54) is 0 Å². The highest BCUT2D eigenvalue weighted by atomic mass is 32.2. The molecule has 0 bridgehead atoms. The van der Waals surface area contributed by atoms with E-state index in [2.05, 4.69) is 14.7 Å². The fraction of sp³-hybridized carbons (Fsp3) is 0.154. The predicted octanol–water partition coefficient (Wildman–Crippen LogP) is 3.07. The van der Waals surface area contributed by atoms with E-state index in [0.717, 1.165) is 30.0 Å². The molecular weight excluding hydrogens is 338 g/mol. The number of H-pyrrole nitrogens is 1. The molecule has 0 aliphatic carbocycles. The maximum absolute atomic E-state index is 14.0. The van der Waals surface area contributed by atoms with Crippen molar-refractivity contribution in [1.29, 1.82) is 5.26 Å². The number of benzene rings is 1. The zero-order valence-corrected chi connectivity index (χ0v) is 12.2. The van der Waals surface area contributed by atoms with E-state index in [1.807, 2.05) is 0 Å². The summed E-state index contributed by atoms with van der Waals surface area (Å²) in [6.45, 7) is 0. The van der Waals surface area contributed by atoms with Gasteiger partial charge in [0.1, 0.15) is 23.2 Å². The molecule has 0 fully saturated rings. The van der Waals surface area contributed by atoms with Crippen LogP contribution in [-0.4, -0.2) is 22.6 Å². The molecule has 0 saturated carbocycles. The SMILES string of the molecule is CSc1nc(-c2cc(OC(F)(F)F)ccc2F)c(C#N)c(=O)[nH]1. The van der Waals surface area contributed by atoms with E-state index < -0.39 is 34.6 Å². The largest absolute Gasteiger partial charge is 0.573 e. The van der Waals surface area contributed by atoms with E-state index in [1.54, 1.807) is 12.3 Å². The minimum Gasteiger partial charge on any atom is -0.406 e. The van der Waals surface area contributed by atoms with Crippen LogP contribution >= 0.6 is 11.8 Å². The average molecular weight is 345 g/mol. The van der Waals surface area contributed by atoms with Crippen molar-refractivity contribution in [2.45, 2.75) is 11.5 Å². The van der Waals surface area contributed by atoms with E-state index in [0.29, 0.717) is 0 Å². The van der Waals surface area contributed by atoms with Gasteiger partial charge < -0.3 is 9.72 Å². The van der Waals surface area contributed by atoms with Gasteiger partial charge in [0.2, 0.25) is 0 Å². The van der Waals surface area contributed by atoms with Crippen molar-refractivity contribution in [3.05, 3.63) is 39.9 Å². The second-order valence-electron chi connectivity index (χ2n) is 4.10. The number of nitrogens with zero attached hydrogens (tertiary/aromatic N) is 2. The maximum atomic E-state index is 14.0. The van der Waals surface area contributed by atoms with Gasteiger partial charge in [-0.05, 0) is 24.5 Å². The Kier molecular flexibility index (Phi) is 4.60. The van der Waals surface area contributed by atoms with Gasteiger partial charge in [-0.1, -0.05) is 11.8 Å². The average Bonchev–Trinajstić information content (AvgIpc) is 2.47. The second-order valence-corrected chi connectivity index (χ2v) is 4.90. The molecule has 0 aliphatic rings. The Balaban J connectivity index is 2.67. The normalized spacial score (nSPS) is 11.1. The first kappa shape index (κ1) is 16.8. The maximum Gasteiger partial charge on any atom is 0.573 e. The van der Waals surface area contributed by atoms with Gasteiger partial charge in [0.05, 0.1) is 5.69 Å². The fourth-order valence-electron chi connectivity index (χ4n) is 1.73. The summed E-state index contributed by atoms with van der Waals surface area (Å²) in [5.74, 6) is -1.63. The number of ether oxygens (including phenoxy) is 1. The zero-order chi connectivity index (χ0) is 17.2. The minimum absolute atomic E-state index is 0.0885. The minimum atomic E-state index is -4.96. The number of thioether (sulfide) groups is 1. The van der Waals surface area contributed by atoms with Crippen LogP contribution < -0.4 is 10.3 Å². The van der Waals surface area contributed by atoms with Crippen LogP contribution in [-0.2, 0) is 0 Å². The highest BCUT2D eigenvalue weighted by Crippen LogP contribution is 2.30. The van der Waals surface area contributed by atoms with Gasteiger partial charge in [-0.3, -0.25) is 4.79 Å². The number of hydrogen-bond acceptors (Lipinski definition) is 5. The molecule has 23 heavy (non-hydrogen) atoms. The molecule has 1 heterocycles. The van der Waals surface area contributed by atoms with Crippen LogP contribution in [0.2, 0.25) is 0 Å². The van der Waals surface area contributed by atoms with E-state index in [-0.39, 0.29) is 10.9 Å². The number of nitrogens with one attached hydrogen (secondary N) is 1. The number of rotatable bonds is 3. The van der Waals surface area contributed by atoms with E-state index in [4.69, 9.17) is 5.26 Å². The highest BCUT2D eigenvalue weighted by Gasteiger charge is 2.31. The highest BCUT2D eigenvalue weighted by molar-refractivity contribution is 7.98. The Hall–Kier alpha value is -2.54. The summed E-state index contributed by atoms with van der Waals surface area (Å²) in [5, 5.41) is 9.11. The van der Waals surface area contributed by atoms with Crippen molar-refractivity contribution in [3.63, 3.8) is 0 Å². The lowest BCUT2D eigenvalue weighted by molar-refractivity contribution is -0.274. The Morgan fingerprint density at radius 1 is 1.39 bits per heavy atom. The van der Waals surface area contributed by atoms with Crippen LogP contribution in [0.15, 0.2) is 28.2 Å². The lowest BCUT2D eigenvalue weighted by Gasteiger charge is -2.11. The predicted molar refractivity (Wildman–Crippen MR) is 73.4 cm³/mol. The lowest BCUT2D eigenvalue weighted by atomic mass is 10.1. The summed E-state index contributed by atoms with van der Waals surface area (Å²) in [5.41, 5.74) is -2.12. The molecule has 0 amide bonds. The third-order valence-electron chi connectivity index (χ3n) is 2.63. The van der Waals surface area contributed by atoms with Gasteiger partial charge in [0.15, 0.2) is 5.16 Å². The van der Waals surface area contributed by atoms with Crippen molar-refractivity contribution in [3.8, 4) is 23.1 Å². The topological polar surface area (TPSA) is 78.8 Å². The summed E-state index contributed by atoms with van der Waals surface area (Å²) in [7, 11) is 0. The first-order valence-electron chi connectivity index (χ1n) is 5.89. The van der Waals surface area contributed by atoms with E-state index in [9.17, 15) is 22.4 Å². The molecule has 1 aromatic heterocycles. The standard InChI is InChI=1S/C13H7F4N3O2S/c1-23-12-19-10(8(5-18)11(21)20-12)7-4-6(2-3-9(7)14)22-13(15,16)17/h2-4H,1H3,(H,19,20,21). The van der Waals surface area contributed by atoms with Gasteiger partial charge in [-0.15, -0.1) is 13.2 Å². The number of alkyl halides is 3. The van der Waals surface area contributed by atoms with Crippen LogP contribution in [0.1, 0.15) is 5.56 Å². The first-order valence-corrected chi connectivity index (χ1v) is 7.11. The third kappa shape index (κ3) is 3.81. The number of aromatic amines is 1. The quantitative estimate of drug-likeness (QED) is 0.525.